The monoisotopic (exact) mass is 377 g/mol. The fourth-order valence-electron chi connectivity index (χ4n) is 3.61. The second-order valence-corrected chi connectivity index (χ2v) is 8.13. The minimum atomic E-state index is -2.14. The van der Waals surface area contributed by atoms with Gasteiger partial charge in [-0.3, -0.25) is 24.6 Å². The van der Waals surface area contributed by atoms with Crippen LogP contribution in [0.2, 0.25) is 0 Å². The molecule has 3 aliphatic rings. The highest BCUT2D eigenvalue weighted by Gasteiger charge is 2.41. The van der Waals surface area contributed by atoms with Gasteiger partial charge in [-0.1, -0.05) is 0 Å². The number of benzene rings is 1. The summed E-state index contributed by atoms with van der Waals surface area (Å²) in [6, 6.07) is 1.50. The number of rotatable bonds is 2. The van der Waals surface area contributed by atoms with Crippen molar-refractivity contribution in [2.45, 2.75) is 57.7 Å². The topological polar surface area (TPSA) is 69.7 Å². The van der Waals surface area contributed by atoms with Crippen LogP contribution in [0.3, 0.4) is 0 Å². The molecule has 2 fully saturated rings. The van der Waals surface area contributed by atoms with E-state index in [2.05, 4.69) is 5.32 Å². The highest BCUT2D eigenvalue weighted by atomic mass is 19.1. The largest absolute Gasteiger partial charge is 0.322 e. The lowest BCUT2D eigenvalue weighted by atomic mass is 9.85. The van der Waals surface area contributed by atoms with Crippen LogP contribution < -0.4 is 5.32 Å². The summed E-state index contributed by atoms with van der Waals surface area (Å²) in [6.45, 7) is 0.804. The zero-order valence-corrected chi connectivity index (χ0v) is 15.4. The number of nitrogens with zero attached hydrogens (tertiary/aromatic N) is 2. The fourth-order valence-corrected chi connectivity index (χ4v) is 3.61. The number of fused-ring (bicyclic) bond motifs is 1. The maximum Gasteiger partial charge on any atom is 0.255 e. The van der Waals surface area contributed by atoms with Crippen molar-refractivity contribution >= 4 is 17.7 Å². The molecule has 1 N–H and O–H groups in total. The van der Waals surface area contributed by atoms with Gasteiger partial charge in [-0.2, -0.15) is 0 Å². The highest BCUT2D eigenvalue weighted by molar-refractivity contribution is 6.05. The molecule has 7 heteroatoms. The fraction of sp³-hybridized carbons (Fsp3) is 0.550. The maximum atomic E-state index is 15.1. The molecule has 0 bridgehead atoms. The van der Waals surface area contributed by atoms with Crippen LogP contribution in [-0.4, -0.2) is 52.1 Å². The summed E-state index contributed by atoms with van der Waals surface area (Å²) >= 11 is 0. The third-order valence-electron chi connectivity index (χ3n) is 5.14. The summed E-state index contributed by atoms with van der Waals surface area (Å²) in [5, 5.41) is 2.20. The van der Waals surface area contributed by atoms with Gasteiger partial charge >= 0.3 is 0 Å². The summed E-state index contributed by atoms with van der Waals surface area (Å²) in [5.41, 5.74) is -0.479. The van der Waals surface area contributed by atoms with E-state index in [9.17, 15) is 14.4 Å². The van der Waals surface area contributed by atoms with E-state index in [4.69, 9.17) is 5.48 Å². The summed E-state index contributed by atoms with van der Waals surface area (Å²) in [5.74, 6) is -3.76. The van der Waals surface area contributed by atoms with Crippen LogP contribution in [-0.2, 0) is 16.1 Å². The molecule has 0 saturated carbocycles. The van der Waals surface area contributed by atoms with Gasteiger partial charge in [0.05, 0.1) is 0 Å². The third kappa shape index (κ3) is 3.04. The van der Waals surface area contributed by atoms with Crippen molar-refractivity contribution in [2.24, 2.45) is 0 Å². The Morgan fingerprint density at radius 3 is 2.56 bits per heavy atom. The van der Waals surface area contributed by atoms with Crippen molar-refractivity contribution in [2.75, 3.05) is 13.0 Å². The van der Waals surface area contributed by atoms with E-state index in [1.165, 1.54) is 11.0 Å². The molecule has 1 aromatic rings. The molecular weight excluding hydrogens is 349 g/mol. The second-order valence-electron chi connectivity index (χ2n) is 8.13. The molecular formula is C20H24FN3O3. The summed E-state index contributed by atoms with van der Waals surface area (Å²) in [4.78, 5) is 38.8. The average molecular weight is 377 g/mol. The Bertz CT molecular complexity index is 992. The zero-order chi connectivity index (χ0) is 23.1. The minimum absolute atomic E-state index is 0.00935. The number of carbonyl (C=O) groups is 3. The molecule has 0 radical (unpaired) electrons. The van der Waals surface area contributed by atoms with E-state index in [0.29, 0.717) is 5.56 Å². The maximum absolute atomic E-state index is 15.1. The van der Waals surface area contributed by atoms with Crippen molar-refractivity contribution in [3.63, 3.8) is 0 Å². The van der Waals surface area contributed by atoms with Gasteiger partial charge in [0.1, 0.15) is 11.9 Å². The van der Waals surface area contributed by atoms with Gasteiger partial charge in [-0.15, -0.1) is 0 Å². The number of hydrogen-bond donors (Lipinski definition) is 1. The first-order valence-corrected chi connectivity index (χ1v) is 8.94. The molecule has 1 aromatic carbocycles. The Morgan fingerprint density at radius 2 is 1.93 bits per heavy atom. The number of halogens is 1. The first-order valence-electron chi connectivity index (χ1n) is 10.9. The van der Waals surface area contributed by atoms with Crippen LogP contribution in [0.4, 0.5) is 4.39 Å². The van der Waals surface area contributed by atoms with Gasteiger partial charge in [0.25, 0.3) is 5.91 Å². The number of carbonyl (C=O) groups excluding carboxylic acids is 3. The van der Waals surface area contributed by atoms with Gasteiger partial charge in [0.2, 0.25) is 11.8 Å². The molecule has 2 saturated heterocycles. The van der Waals surface area contributed by atoms with E-state index in [1.54, 1.807) is 20.8 Å². The Hall–Kier alpha value is -2.28. The molecule has 0 aliphatic carbocycles. The lowest BCUT2D eigenvalue weighted by Crippen LogP contribution is -2.54. The van der Waals surface area contributed by atoms with Crippen LogP contribution >= 0.6 is 0 Å². The van der Waals surface area contributed by atoms with Gasteiger partial charge in [0, 0.05) is 48.5 Å². The molecule has 0 aromatic heterocycles. The van der Waals surface area contributed by atoms with Gasteiger partial charge in [-0.05, 0) is 50.5 Å². The number of nitrogens with one attached hydrogen (secondary N) is 1. The molecule has 3 aliphatic heterocycles. The zero-order valence-electron chi connectivity index (χ0n) is 19.4. The molecule has 1 atom stereocenters. The van der Waals surface area contributed by atoms with Crippen LogP contribution in [0.15, 0.2) is 12.1 Å². The molecule has 0 spiro atoms. The first-order chi connectivity index (χ1) is 14.2. The average Bonchev–Trinajstić information content (AvgIpc) is 2.88. The number of imide groups is 1. The summed E-state index contributed by atoms with van der Waals surface area (Å²) in [7, 11) is 0. The Labute approximate surface area is 163 Å². The van der Waals surface area contributed by atoms with Crippen molar-refractivity contribution in [3.8, 4) is 0 Å². The number of likely N-dealkylation sites (tertiary alicyclic amines) is 1. The van der Waals surface area contributed by atoms with Gasteiger partial charge < -0.3 is 4.90 Å². The number of piperidine rings is 1. The predicted octanol–water partition coefficient (Wildman–Crippen LogP) is 1.78. The van der Waals surface area contributed by atoms with Crippen LogP contribution in [0.25, 0.3) is 0 Å². The van der Waals surface area contributed by atoms with Crippen molar-refractivity contribution in [1.82, 2.24) is 15.1 Å². The molecule has 144 valence electrons. The molecule has 27 heavy (non-hydrogen) atoms. The Balaban J connectivity index is 1.68. The lowest BCUT2D eigenvalue weighted by Gasteiger charge is -2.48. The molecule has 0 unspecified atom stereocenters. The van der Waals surface area contributed by atoms with E-state index in [-0.39, 0.29) is 30.5 Å². The standard InChI is InChI=1S/C20H24FN3O3/c1-20(2,3)23-8-12(9-23)13-6-11-10-24(19(27)14(11)7-15(13)21)16-4-5-17(25)22-18(16)26/h6-7,12,16H,4-5,8-10H2,1-3H3,(H,22,25,26)/t16-/m0/s1/i8D2,9D2. The molecule has 6 nitrogen and oxygen atoms in total. The van der Waals surface area contributed by atoms with E-state index in [0.717, 1.165) is 11.0 Å². The predicted molar refractivity (Wildman–Crippen MR) is 96.5 cm³/mol. The third-order valence-corrected chi connectivity index (χ3v) is 5.14. The SMILES string of the molecule is [2H]C1([2H])C(c2cc3c(cc2F)C(=O)N([C@H]2CCC(=O)NC2=O)C3)C([2H])([2H])N1C(C)(C)C. The minimum Gasteiger partial charge on any atom is -0.322 e. The number of amides is 3. The quantitative estimate of drug-likeness (QED) is 0.798. The molecule has 4 rings (SSSR count). The first kappa shape index (κ1) is 13.8. The van der Waals surface area contributed by atoms with Crippen LogP contribution in [0.1, 0.15) is 66.5 Å². The number of hydrogen-bond acceptors (Lipinski definition) is 4. The van der Waals surface area contributed by atoms with Crippen molar-refractivity contribution in [3.05, 3.63) is 34.6 Å². The van der Waals surface area contributed by atoms with Gasteiger partial charge in [0.15, 0.2) is 0 Å². The summed E-state index contributed by atoms with van der Waals surface area (Å²) in [6.07, 6.45) is 0.273. The molecule has 3 heterocycles. The van der Waals surface area contributed by atoms with Crippen molar-refractivity contribution in [1.29, 1.82) is 0 Å². The normalized spacial score (nSPS) is 30.0. The highest BCUT2D eigenvalue weighted by Crippen LogP contribution is 2.37. The lowest BCUT2D eigenvalue weighted by molar-refractivity contribution is -0.136. The molecule has 3 amide bonds. The van der Waals surface area contributed by atoms with Crippen molar-refractivity contribution < 1.29 is 24.3 Å². The van der Waals surface area contributed by atoms with E-state index >= 15 is 4.39 Å². The van der Waals surface area contributed by atoms with Crippen LogP contribution in [0, 0.1) is 5.82 Å². The van der Waals surface area contributed by atoms with E-state index < -0.39 is 54.0 Å². The van der Waals surface area contributed by atoms with Gasteiger partial charge in [-0.25, -0.2) is 4.39 Å². The van der Waals surface area contributed by atoms with Crippen LogP contribution in [0.5, 0.6) is 0 Å². The Morgan fingerprint density at radius 1 is 1.22 bits per heavy atom. The van der Waals surface area contributed by atoms with E-state index in [1.807, 2.05) is 0 Å². The second kappa shape index (κ2) is 6.12. The Kier molecular flexibility index (Phi) is 3.13. The smallest absolute Gasteiger partial charge is 0.255 e. The summed E-state index contributed by atoms with van der Waals surface area (Å²) < 4.78 is 48.8.